The Morgan fingerprint density at radius 1 is 1.30 bits per heavy atom. The van der Waals surface area contributed by atoms with E-state index < -0.39 is 9.84 Å². The van der Waals surface area contributed by atoms with E-state index in [9.17, 15) is 8.42 Å². The van der Waals surface area contributed by atoms with E-state index in [2.05, 4.69) is 22.4 Å². The van der Waals surface area contributed by atoms with Crippen molar-refractivity contribution in [2.75, 3.05) is 25.1 Å². The van der Waals surface area contributed by atoms with Gasteiger partial charge in [0.2, 0.25) is 0 Å². The highest BCUT2D eigenvalue weighted by molar-refractivity contribution is 7.90. The molecule has 0 amide bonds. The number of hydrogen-bond acceptors (Lipinski definition) is 5. The van der Waals surface area contributed by atoms with Gasteiger partial charge in [-0.3, -0.25) is 4.90 Å². The van der Waals surface area contributed by atoms with Gasteiger partial charge < -0.3 is 0 Å². The molecule has 0 aliphatic carbocycles. The normalized spacial score (nSPS) is 19.8. The van der Waals surface area contributed by atoms with Crippen LogP contribution in [0.3, 0.4) is 0 Å². The predicted molar refractivity (Wildman–Crippen MR) is 95.3 cm³/mol. The highest BCUT2D eigenvalue weighted by atomic mass is 32.2. The Morgan fingerprint density at radius 3 is 2.83 bits per heavy atom. The summed E-state index contributed by atoms with van der Waals surface area (Å²) in [6, 6.07) is 10.2. The van der Waals surface area contributed by atoms with Crippen molar-refractivity contribution < 1.29 is 8.42 Å². The van der Waals surface area contributed by atoms with Crippen molar-refractivity contribution in [1.82, 2.24) is 9.88 Å². The lowest BCUT2D eigenvalue weighted by molar-refractivity contribution is 0.177. The summed E-state index contributed by atoms with van der Waals surface area (Å²) in [4.78, 5) is 7.07. The van der Waals surface area contributed by atoms with Crippen LogP contribution in [0.5, 0.6) is 0 Å². The number of thiazole rings is 1. The van der Waals surface area contributed by atoms with Gasteiger partial charge in [0.05, 0.1) is 18.0 Å². The zero-order chi connectivity index (χ0) is 16.3. The third kappa shape index (κ3) is 4.86. The van der Waals surface area contributed by atoms with E-state index in [4.69, 9.17) is 4.98 Å². The van der Waals surface area contributed by atoms with Gasteiger partial charge in [0, 0.05) is 23.7 Å². The third-order valence-corrected chi connectivity index (χ3v) is 6.03. The average molecular weight is 351 g/mol. The number of nitrogens with zero attached hydrogens (tertiary/aromatic N) is 2. The number of aromatic nitrogens is 1. The van der Waals surface area contributed by atoms with E-state index in [1.165, 1.54) is 6.26 Å². The first kappa shape index (κ1) is 16.6. The molecular formula is C17H22N2O2S2. The molecule has 1 fully saturated rings. The fourth-order valence-corrected chi connectivity index (χ4v) is 5.15. The van der Waals surface area contributed by atoms with E-state index in [1.54, 1.807) is 11.3 Å². The highest BCUT2D eigenvalue weighted by Crippen LogP contribution is 2.24. The smallest absolute Gasteiger partial charge is 0.147 e. The van der Waals surface area contributed by atoms with Crippen LogP contribution < -0.4 is 0 Å². The van der Waals surface area contributed by atoms with Gasteiger partial charge in [-0.05, 0) is 25.3 Å². The Labute approximate surface area is 142 Å². The second-order valence-electron chi connectivity index (χ2n) is 6.33. The summed E-state index contributed by atoms with van der Waals surface area (Å²) < 4.78 is 23.0. The van der Waals surface area contributed by atoms with Crippen LogP contribution in [-0.4, -0.2) is 43.4 Å². The number of rotatable bonds is 5. The maximum Gasteiger partial charge on any atom is 0.147 e. The predicted octanol–water partition coefficient (Wildman–Crippen LogP) is 3.07. The minimum atomic E-state index is -2.89. The molecule has 1 aliphatic rings. The monoisotopic (exact) mass is 350 g/mol. The van der Waals surface area contributed by atoms with Gasteiger partial charge in [0.1, 0.15) is 14.8 Å². The quantitative estimate of drug-likeness (QED) is 0.831. The maximum atomic E-state index is 11.5. The molecule has 6 heteroatoms. The maximum absolute atomic E-state index is 11.5. The summed E-state index contributed by atoms with van der Waals surface area (Å²) >= 11 is 1.68. The van der Waals surface area contributed by atoms with Crippen LogP contribution in [0, 0.1) is 5.92 Å². The topological polar surface area (TPSA) is 50.3 Å². The SMILES string of the molecule is CS(=O)(=O)CC1CCCN(Cc2nc(-c3ccccc3)cs2)C1. The molecule has 0 bridgehead atoms. The molecule has 1 aromatic heterocycles. The van der Waals surface area contributed by atoms with Crippen molar-refractivity contribution >= 4 is 21.2 Å². The van der Waals surface area contributed by atoms with Crippen LogP contribution in [0.2, 0.25) is 0 Å². The molecule has 2 heterocycles. The molecule has 1 saturated heterocycles. The van der Waals surface area contributed by atoms with Crippen molar-refractivity contribution in [2.24, 2.45) is 5.92 Å². The molecule has 0 saturated carbocycles. The molecule has 124 valence electrons. The van der Waals surface area contributed by atoms with Gasteiger partial charge in [-0.1, -0.05) is 30.3 Å². The summed E-state index contributed by atoms with van der Waals surface area (Å²) in [5.74, 6) is 0.559. The molecule has 1 aliphatic heterocycles. The van der Waals surface area contributed by atoms with Crippen molar-refractivity contribution in [1.29, 1.82) is 0 Å². The standard InChI is InChI=1S/C17H22N2O2S2/c1-23(20,21)13-14-6-5-9-19(10-14)11-17-18-16(12-22-17)15-7-3-2-4-8-15/h2-4,7-8,12,14H,5-6,9-11,13H2,1H3. The van der Waals surface area contributed by atoms with Gasteiger partial charge in [-0.25, -0.2) is 13.4 Å². The first-order valence-corrected chi connectivity index (χ1v) is 10.8. The van der Waals surface area contributed by atoms with Crippen LogP contribution in [0.25, 0.3) is 11.3 Å². The van der Waals surface area contributed by atoms with Crippen molar-refractivity contribution in [3.8, 4) is 11.3 Å². The number of piperidine rings is 1. The highest BCUT2D eigenvalue weighted by Gasteiger charge is 2.23. The van der Waals surface area contributed by atoms with Crippen LogP contribution in [0.1, 0.15) is 17.8 Å². The Morgan fingerprint density at radius 2 is 2.09 bits per heavy atom. The lowest BCUT2D eigenvalue weighted by Crippen LogP contribution is -2.37. The molecule has 0 radical (unpaired) electrons. The number of hydrogen-bond donors (Lipinski definition) is 0. The Hall–Kier alpha value is -1.24. The molecule has 2 aromatic rings. The van der Waals surface area contributed by atoms with Crippen molar-refractivity contribution in [3.05, 3.63) is 40.7 Å². The largest absolute Gasteiger partial charge is 0.296 e. The zero-order valence-electron chi connectivity index (χ0n) is 13.3. The van der Waals surface area contributed by atoms with Gasteiger partial charge in [-0.2, -0.15) is 0 Å². The fourth-order valence-electron chi connectivity index (χ4n) is 3.18. The first-order valence-electron chi connectivity index (χ1n) is 7.89. The number of sulfone groups is 1. The summed E-state index contributed by atoms with van der Waals surface area (Å²) in [7, 11) is -2.89. The number of benzene rings is 1. The lowest BCUT2D eigenvalue weighted by atomic mass is 10.0. The fraction of sp³-hybridized carbons (Fsp3) is 0.471. The lowest BCUT2D eigenvalue weighted by Gasteiger charge is -2.31. The van der Waals surface area contributed by atoms with Crippen LogP contribution in [-0.2, 0) is 16.4 Å². The molecule has 3 rings (SSSR count). The summed E-state index contributed by atoms with van der Waals surface area (Å²) in [6.07, 6.45) is 3.41. The van der Waals surface area contributed by atoms with Crippen LogP contribution >= 0.6 is 11.3 Å². The van der Waals surface area contributed by atoms with Crippen molar-refractivity contribution in [3.63, 3.8) is 0 Å². The number of likely N-dealkylation sites (tertiary alicyclic amines) is 1. The Kier molecular flexibility index (Phi) is 5.14. The van der Waals surface area contributed by atoms with Gasteiger partial charge in [0.25, 0.3) is 0 Å². The van der Waals surface area contributed by atoms with Crippen LogP contribution in [0.4, 0.5) is 0 Å². The molecule has 0 N–H and O–H groups in total. The second-order valence-corrected chi connectivity index (χ2v) is 9.46. The summed E-state index contributed by atoms with van der Waals surface area (Å²) in [5, 5.41) is 3.20. The minimum absolute atomic E-state index is 0.257. The summed E-state index contributed by atoms with van der Waals surface area (Å²) in [6.45, 7) is 2.70. The molecule has 1 unspecified atom stereocenters. The van der Waals surface area contributed by atoms with E-state index >= 15 is 0 Å². The Bertz CT molecular complexity index is 741. The minimum Gasteiger partial charge on any atom is -0.296 e. The molecule has 1 atom stereocenters. The average Bonchev–Trinajstić information content (AvgIpc) is 2.95. The Balaban J connectivity index is 1.62. The van der Waals surface area contributed by atoms with Crippen molar-refractivity contribution in [2.45, 2.75) is 19.4 Å². The second kappa shape index (κ2) is 7.11. The first-order chi connectivity index (χ1) is 11.0. The molecular weight excluding hydrogens is 328 g/mol. The molecule has 4 nitrogen and oxygen atoms in total. The molecule has 23 heavy (non-hydrogen) atoms. The molecule has 0 spiro atoms. The van der Waals surface area contributed by atoms with E-state index in [1.807, 2.05) is 18.2 Å². The third-order valence-electron chi connectivity index (χ3n) is 4.12. The van der Waals surface area contributed by atoms with Crippen LogP contribution in [0.15, 0.2) is 35.7 Å². The van der Waals surface area contributed by atoms with Gasteiger partial charge in [0.15, 0.2) is 0 Å². The summed E-state index contributed by atoms with van der Waals surface area (Å²) in [5.41, 5.74) is 2.17. The van der Waals surface area contributed by atoms with E-state index in [0.717, 1.165) is 48.7 Å². The van der Waals surface area contributed by atoms with Gasteiger partial charge >= 0.3 is 0 Å². The van der Waals surface area contributed by atoms with Gasteiger partial charge in [-0.15, -0.1) is 11.3 Å². The van der Waals surface area contributed by atoms with E-state index in [-0.39, 0.29) is 5.92 Å². The molecule has 1 aromatic carbocycles. The van der Waals surface area contributed by atoms with E-state index in [0.29, 0.717) is 5.75 Å². The zero-order valence-corrected chi connectivity index (χ0v) is 14.9.